The highest BCUT2D eigenvalue weighted by molar-refractivity contribution is 7.09. The van der Waals surface area contributed by atoms with Gasteiger partial charge in [-0.15, -0.1) is 11.3 Å². The highest BCUT2D eigenvalue weighted by atomic mass is 32.1. The van der Waals surface area contributed by atoms with Gasteiger partial charge in [-0.25, -0.2) is 0 Å². The molecule has 0 radical (unpaired) electrons. The van der Waals surface area contributed by atoms with Crippen LogP contribution in [0, 0.1) is 11.8 Å². The van der Waals surface area contributed by atoms with Gasteiger partial charge in [0.05, 0.1) is 5.51 Å². The van der Waals surface area contributed by atoms with E-state index in [1.165, 1.54) is 37.2 Å². The van der Waals surface area contributed by atoms with E-state index >= 15 is 0 Å². The van der Waals surface area contributed by atoms with Crippen LogP contribution in [-0.2, 0) is 6.54 Å². The van der Waals surface area contributed by atoms with Crippen molar-refractivity contribution >= 4 is 11.3 Å². The molecule has 1 aromatic heterocycles. The summed E-state index contributed by atoms with van der Waals surface area (Å²) in [5.41, 5.74) is 8.14. The van der Waals surface area contributed by atoms with Crippen LogP contribution in [-0.4, -0.2) is 29.0 Å². The summed E-state index contributed by atoms with van der Waals surface area (Å²) in [7, 11) is 0. The summed E-state index contributed by atoms with van der Waals surface area (Å²) in [5, 5.41) is 0. The third-order valence-electron chi connectivity index (χ3n) is 4.09. The Morgan fingerprint density at radius 3 is 3.12 bits per heavy atom. The normalized spacial score (nSPS) is 35.2. The van der Waals surface area contributed by atoms with E-state index in [2.05, 4.69) is 9.88 Å². The highest BCUT2D eigenvalue weighted by Crippen LogP contribution is 2.36. The van der Waals surface area contributed by atoms with Gasteiger partial charge in [0, 0.05) is 36.8 Å². The Kier molecular flexibility index (Phi) is 2.96. The van der Waals surface area contributed by atoms with E-state index in [4.69, 9.17) is 5.73 Å². The van der Waals surface area contributed by atoms with Gasteiger partial charge in [0.15, 0.2) is 0 Å². The van der Waals surface area contributed by atoms with Crippen LogP contribution in [0.25, 0.3) is 0 Å². The Morgan fingerprint density at radius 1 is 1.44 bits per heavy atom. The Labute approximate surface area is 101 Å². The van der Waals surface area contributed by atoms with E-state index in [1.807, 2.05) is 11.7 Å². The van der Waals surface area contributed by atoms with Crippen molar-refractivity contribution in [1.29, 1.82) is 0 Å². The average molecular weight is 237 g/mol. The molecule has 0 bridgehead atoms. The van der Waals surface area contributed by atoms with Crippen molar-refractivity contribution in [3.8, 4) is 0 Å². The molecule has 88 valence electrons. The summed E-state index contributed by atoms with van der Waals surface area (Å²) in [5.74, 6) is 1.61. The molecule has 3 atom stereocenters. The molecule has 3 rings (SSSR count). The molecule has 1 saturated carbocycles. The van der Waals surface area contributed by atoms with Gasteiger partial charge < -0.3 is 5.73 Å². The van der Waals surface area contributed by atoms with Crippen molar-refractivity contribution in [1.82, 2.24) is 9.88 Å². The Bertz CT molecular complexity index is 338. The van der Waals surface area contributed by atoms with Gasteiger partial charge in [0.1, 0.15) is 0 Å². The molecular formula is C12H19N3S. The van der Waals surface area contributed by atoms with Gasteiger partial charge >= 0.3 is 0 Å². The van der Waals surface area contributed by atoms with E-state index in [-0.39, 0.29) is 0 Å². The lowest BCUT2D eigenvalue weighted by molar-refractivity contribution is 0.259. The van der Waals surface area contributed by atoms with Crippen LogP contribution >= 0.6 is 11.3 Å². The van der Waals surface area contributed by atoms with E-state index in [9.17, 15) is 0 Å². The molecule has 0 aromatic carbocycles. The maximum atomic E-state index is 6.22. The van der Waals surface area contributed by atoms with E-state index in [0.717, 1.165) is 18.4 Å². The Hall–Kier alpha value is -0.450. The monoisotopic (exact) mass is 237 g/mol. The Balaban J connectivity index is 1.63. The third kappa shape index (κ3) is 2.01. The van der Waals surface area contributed by atoms with Crippen LogP contribution in [0.1, 0.15) is 24.1 Å². The van der Waals surface area contributed by atoms with Crippen molar-refractivity contribution < 1.29 is 0 Å². The maximum absolute atomic E-state index is 6.22. The lowest BCUT2D eigenvalue weighted by Gasteiger charge is -2.29. The van der Waals surface area contributed by atoms with Crippen LogP contribution in [0.2, 0.25) is 0 Å². The topological polar surface area (TPSA) is 42.1 Å². The first-order valence-electron chi connectivity index (χ1n) is 6.18. The van der Waals surface area contributed by atoms with E-state index in [0.29, 0.717) is 6.04 Å². The lowest BCUT2D eigenvalue weighted by Crippen LogP contribution is -2.38. The SMILES string of the molecule is NC1CCCC2CN(Cc3cncs3)CC12. The molecule has 0 amide bonds. The second-order valence-electron chi connectivity index (χ2n) is 5.18. The number of fused-ring (bicyclic) bond motifs is 1. The molecule has 1 saturated heterocycles. The van der Waals surface area contributed by atoms with Crippen LogP contribution in [0.3, 0.4) is 0 Å². The smallest absolute Gasteiger partial charge is 0.0794 e. The summed E-state index contributed by atoms with van der Waals surface area (Å²) in [6, 6.07) is 0.449. The first-order valence-corrected chi connectivity index (χ1v) is 7.06. The molecule has 2 N–H and O–H groups in total. The zero-order valence-corrected chi connectivity index (χ0v) is 10.3. The van der Waals surface area contributed by atoms with Crippen molar-refractivity contribution in [3.63, 3.8) is 0 Å². The van der Waals surface area contributed by atoms with Crippen LogP contribution in [0.4, 0.5) is 0 Å². The lowest BCUT2D eigenvalue weighted by atomic mass is 9.78. The number of likely N-dealkylation sites (tertiary alicyclic amines) is 1. The van der Waals surface area contributed by atoms with Crippen LogP contribution < -0.4 is 5.73 Å². The number of hydrogen-bond acceptors (Lipinski definition) is 4. The Morgan fingerprint density at radius 2 is 2.38 bits per heavy atom. The maximum Gasteiger partial charge on any atom is 0.0794 e. The van der Waals surface area contributed by atoms with Gasteiger partial charge in [0.2, 0.25) is 0 Å². The number of thiazole rings is 1. The fourth-order valence-corrected chi connectivity index (χ4v) is 3.91. The van der Waals surface area contributed by atoms with E-state index in [1.54, 1.807) is 11.3 Å². The molecule has 0 spiro atoms. The van der Waals surface area contributed by atoms with Crippen molar-refractivity contribution in [2.45, 2.75) is 31.8 Å². The molecule has 3 unspecified atom stereocenters. The summed E-state index contributed by atoms with van der Waals surface area (Å²) < 4.78 is 0. The minimum atomic E-state index is 0.449. The summed E-state index contributed by atoms with van der Waals surface area (Å²) in [6.45, 7) is 3.52. The number of nitrogens with two attached hydrogens (primary N) is 1. The van der Waals surface area contributed by atoms with Gasteiger partial charge in [-0.1, -0.05) is 6.42 Å². The standard InChI is InChI=1S/C12H19N3S/c13-12-3-1-2-9-5-15(7-11(9)12)6-10-4-14-8-16-10/h4,8-9,11-12H,1-3,5-7,13H2. The summed E-state index contributed by atoms with van der Waals surface area (Å²) >= 11 is 1.76. The molecule has 4 heteroatoms. The molecule has 1 aliphatic carbocycles. The molecule has 3 nitrogen and oxygen atoms in total. The second-order valence-corrected chi connectivity index (χ2v) is 6.15. The molecular weight excluding hydrogens is 218 g/mol. The first-order chi connectivity index (χ1) is 7.83. The number of hydrogen-bond donors (Lipinski definition) is 1. The molecule has 2 aliphatic rings. The molecule has 2 fully saturated rings. The second kappa shape index (κ2) is 4.43. The van der Waals surface area contributed by atoms with Crippen LogP contribution in [0.5, 0.6) is 0 Å². The van der Waals surface area contributed by atoms with Gasteiger partial charge in [-0.2, -0.15) is 0 Å². The molecule has 16 heavy (non-hydrogen) atoms. The minimum Gasteiger partial charge on any atom is -0.327 e. The van der Waals surface area contributed by atoms with Gasteiger partial charge in [0.25, 0.3) is 0 Å². The zero-order valence-electron chi connectivity index (χ0n) is 9.51. The third-order valence-corrected chi connectivity index (χ3v) is 4.86. The fourth-order valence-electron chi connectivity index (χ4n) is 3.28. The molecule has 1 aromatic rings. The van der Waals surface area contributed by atoms with Gasteiger partial charge in [-0.05, 0) is 24.7 Å². The van der Waals surface area contributed by atoms with Crippen molar-refractivity contribution in [3.05, 3.63) is 16.6 Å². The van der Waals surface area contributed by atoms with Crippen LogP contribution in [0.15, 0.2) is 11.7 Å². The molecule has 1 aliphatic heterocycles. The van der Waals surface area contributed by atoms with Crippen molar-refractivity contribution in [2.75, 3.05) is 13.1 Å². The number of aromatic nitrogens is 1. The van der Waals surface area contributed by atoms with E-state index < -0.39 is 0 Å². The highest BCUT2D eigenvalue weighted by Gasteiger charge is 2.38. The van der Waals surface area contributed by atoms with Gasteiger partial charge in [-0.3, -0.25) is 9.88 Å². The summed E-state index contributed by atoms with van der Waals surface area (Å²) in [6.07, 6.45) is 5.94. The van der Waals surface area contributed by atoms with Crippen molar-refractivity contribution in [2.24, 2.45) is 17.6 Å². The fraction of sp³-hybridized carbons (Fsp3) is 0.750. The predicted molar refractivity (Wildman–Crippen MR) is 66.2 cm³/mol. The number of nitrogens with zero attached hydrogens (tertiary/aromatic N) is 2. The number of rotatable bonds is 2. The zero-order chi connectivity index (χ0) is 11.0. The predicted octanol–water partition coefficient (Wildman–Crippen LogP) is 1.70. The summed E-state index contributed by atoms with van der Waals surface area (Å²) in [4.78, 5) is 8.08. The minimum absolute atomic E-state index is 0.449. The quantitative estimate of drug-likeness (QED) is 0.851. The molecule has 2 heterocycles. The first kappa shape index (κ1) is 10.7. The average Bonchev–Trinajstić information content (AvgIpc) is 2.88. The largest absolute Gasteiger partial charge is 0.327 e.